The molecule has 0 unspecified atom stereocenters. The molecule has 1 aromatic carbocycles. The van der Waals surface area contributed by atoms with E-state index >= 15 is 0 Å². The first-order valence-electron chi connectivity index (χ1n) is 6.99. The molecule has 4 aromatic rings. The number of benzene rings is 1. The highest BCUT2D eigenvalue weighted by atomic mass is 16.5. The summed E-state index contributed by atoms with van der Waals surface area (Å²) in [5.41, 5.74) is 8.43. The second-order valence-corrected chi connectivity index (χ2v) is 4.98. The van der Waals surface area contributed by atoms with Gasteiger partial charge < -0.3 is 15.6 Å². The van der Waals surface area contributed by atoms with Crippen LogP contribution >= 0.6 is 0 Å². The van der Waals surface area contributed by atoms with Crippen molar-refractivity contribution in [3.63, 3.8) is 0 Å². The van der Waals surface area contributed by atoms with Crippen molar-refractivity contribution in [2.45, 2.75) is 6.54 Å². The van der Waals surface area contributed by atoms with Crippen LogP contribution in [0.3, 0.4) is 0 Å². The summed E-state index contributed by atoms with van der Waals surface area (Å²) in [6.07, 6.45) is 4.92. The van der Waals surface area contributed by atoms with Crippen LogP contribution in [0.1, 0.15) is 5.56 Å². The molecule has 0 saturated carbocycles. The first kappa shape index (κ1) is 13.3. The normalized spacial score (nSPS) is 11.0. The van der Waals surface area contributed by atoms with Crippen LogP contribution in [0.15, 0.2) is 53.5 Å². The molecule has 3 heterocycles. The van der Waals surface area contributed by atoms with Crippen LogP contribution in [0.25, 0.3) is 11.0 Å². The number of anilines is 3. The Balaban J connectivity index is 1.69. The predicted molar refractivity (Wildman–Crippen MR) is 85.1 cm³/mol. The van der Waals surface area contributed by atoms with Gasteiger partial charge in [0.25, 0.3) is 0 Å². The first-order chi connectivity index (χ1) is 11.3. The minimum Gasteiger partial charge on any atom is -0.398 e. The second-order valence-electron chi connectivity index (χ2n) is 4.98. The Morgan fingerprint density at radius 2 is 2.09 bits per heavy atom. The van der Waals surface area contributed by atoms with Gasteiger partial charge in [-0.2, -0.15) is 10.1 Å². The van der Waals surface area contributed by atoms with Gasteiger partial charge in [0.15, 0.2) is 11.5 Å². The van der Waals surface area contributed by atoms with Crippen molar-refractivity contribution < 1.29 is 4.52 Å². The molecule has 0 bridgehead atoms. The summed E-state index contributed by atoms with van der Waals surface area (Å²) in [6, 6.07) is 9.38. The minimum atomic E-state index is 0.425. The van der Waals surface area contributed by atoms with Crippen molar-refractivity contribution >= 4 is 28.5 Å². The molecule has 23 heavy (non-hydrogen) atoms. The van der Waals surface area contributed by atoms with Gasteiger partial charge in [-0.1, -0.05) is 23.4 Å². The van der Waals surface area contributed by atoms with E-state index in [1.54, 1.807) is 23.1 Å². The maximum absolute atomic E-state index is 6.00. The number of hydrogen-bond donors (Lipinski definition) is 2. The molecule has 8 nitrogen and oxygen atoms in total. The quantitative estimate of drug-likeness (QED) is 0.556. The number of nitrogens with one attached hydrogen (secondary N) is 1. The van der Waals surface area contributed by atoms with E-state index in [0.29, 0.717) is 24.0 Å². The number of nitrogen functional groups attached to an aromatic ring is 1. The Labute approximate surface area is 130 Å². The average Bonchev–Trinajstić information content (AvgIpc) is 3.20. The van der Waals surface area contributed by atoms with Gasteiger partial charge in [0.1, 0.15) is 6.26 Å². The molecule has 0 spiro atoms. The van der Waals surface area contributed by atoms with Gasteiger partial charge in [-0.25, -0.2) is 9.67 Å². The fourth-order valence-corrected chi connectivity index (χ4v) is 2.27. The number of rotatable bonds is 4. The third-order valence-electron chi connectivity index (χ3n) is 3.43. The number of hydrogen-bond acceptors (Lipinski definition) is 7. The highest BCUT2D eigenvalue weighted by Gasteiger charge is 2.09. The molecule has 0 aliphatic carbocycles. The zero-order valence-corrected chi connectivity index (χ0v) is 12.0. The first-order valence-corrected chi connectivity index (χ1v) is 6.99. The summed E-state index contributed by atoms with van der Waals surface area (Å²) >= 11 is 0. The molecule has 3 aromatic heterocycles. The SMILES string of the molecule is Nc1ccccc1Cn1ncc2cnc(Nc3ccon3)nc21. The Morgan fingerprint density at radius 1 is 1.17 bits per heavy atom. The summed E-state index contributed by atoms with van der Waals surface area (Å²) in [5.74, 6) is 0.969. The molecule has 0 fully saturated rings. The zero-order valence-electron chi connectivity index (χ0n) is 12.0. The molecule has 3 N–H and O–H groups in total. The van der Waals surface area contributed by atoms with Crippen molar-refractivity contribution in [3.8, 4) is 0 Å². The maximum atomic E-state index is 6.00. The third kappa shape index (κ3) is 2.57. The highest BCUT2D eigenvalue weighted by molar-refractivity contribution is 5.75. The molecule has 4 rings (SSSR count). The van der Waals surface area contributed by atoms with Gasteiger partial charge >= 0.3 is 0 Å². The van der Waals surface area contributed by atoms with Crippen LogP contribution in [0, 0.1) is 0 Å². The van der Waals surface area contributed by atoms with E-state index in [9.17, 15) is 0 Å². The lowest BCUT2D eigenvalue weighted by molar-refractivity contribution is 0.423. The summed E-state index contributed by atoms with van der Waals surface area (Å²) in [7, 11) is 0. The molecule has 0 atom stereocenters. The molecule has 114 valence electrons. The van der Waals surface area contributed by atoms with Gasteiger partial charge in [-0.05, 0) is 11.6 Å². The van der Waals surface area contributed by atoms with E-state index < -0.39 is 0 Å². The van der Waals surface area contributed by atoms with E-state index in [1.165, 1.54) is 6.26 Å². The van der Waals surface area contributed by atoms with Crippen LogP contribution in [0.4, 0.5) is 17.5 Å². The van der Waals surface area contributed by atoms with E-state index in [-0.39, 0.29) is 0 Å². The lowest BCUT2D eigenvalue weighted by atomic mass is 10.2. The Hall–Kier alpha value is -3.42. The summed E-state index contributed by atoms with van der Waals surface area (Å²) < 4.78 is 6.56. The second kappa shape index (κ2) is 5.41. The van der Waals surface area contributed by atoms with Crippen molar-refractivity contribution in [1.82, 2.24) is 24.9 Å². The largest absolute Gasteiger partial charge is 0.398 e. The Bertz CT molecular complexity index is 946. The highest BCUT2D eigenvalue weighted by Crippen LogP contribution is 2.18. The van der Waals surface area contributed by atoms with Gasteiger partial charge in [0.2, 0.25) is 5.95 Å². The summed E-state index contributed by atoms with van der Waals surface area (Å²) in [6.45, 7) is 0.538. The number of fused-ring (bicyclic) bond motifs is 1. The van der Waals surface area contributed by atoms with Crippen LogP contribution in [0.2, 0.25) is 0 Å². The molecule has 0 amide bonds. The molecule has 0 radical (unpaired) electrons. The maximum Gasteiger partial charge on any atom is 0.230 e. The van der Waals surface area contributed by atoms with Gasteiger partial charge in [-0.3, -0.25) is 0 Å². The Morgan fingerprint density at radius 3 is 2.91 bits per heavy atom. The molecular weight excluding hydrogens is 294 g/mol. The van der Waals surface area contributed by atoms with Gasteiger partial charge in [0, 0.05) is 18.0 Å². The third-order valence-corrected chi connectivity index (χ3v) is 3.43. The number of nitrogens with zero attached hydrogens (tertiary/aromatic N) is 5. The van der Waals surface area contributed by atoms with Crippen LogP contribution in [-0.2, 0) is 6.54 Å². The average molecular weight is 307 g/mol. The van der Waals surface area contributed by atoms with Gasteiger partial charge in [0.05, 0.1) is 18.1 Å². The molecule has 8 heteroatoms. The smallest absolute Gasteiger partial charge is 0.230 e. The number of nitrogens with two attached hydrogens (primary N) is 1. The summed E-state index contributed by atoms with van der Waals surface area (Å²) in [4.78, 5) is 8.73. The van der Waals surface area contributed by atoms with E-state index in [4.69, 9.17) is 10.3 Å². The van der Waals surface area contributed by atoms with Gasteiger partial charge in [-0.15, -0.1) is 0 Å². The lowest BCUT2D eigenvalue weighted by Crippen LogP contribution is -2.06. The van der Waals surface area contributed by atoms with Crippen LogP contribution < -0.4 is 11.1 Å². The fourth-order valence-electron chi connectivity index (χ4n) is 2.27. The van der Waals surface area contributed by atoms with E-state index in [1.807, 2.05) is 24.3 Å². The lowest BCUT2D eigenvalue weighted by Gasteiger charge is -2.07. The Kier molecular flexibility index (Phi) is 3.12. The van der Waals surface area contributed by atoms with E-state index in [0.717, 1.165) is 16.6 Å². The monoisotopic (exact) mass is 307 g/mol. The topological polar surface area (TPSA) is 108 Å². The van der Waals surface area contributed by atoms with Crippen molar-refractivity contribution in [3.05, 3.63) is 54.6 Å². The van der Waals surface area contributed by atoms with Crippen molar-refractivity contribution in [2.75, 3.05) is 11.1 Å². The van der Waals surface area contributed by atoms with Crippen molar-refractivity contribution in [1.29, 1.82) is 0 Å². The molecule has 0 aliphatic rings. The molecule has 0 saturated heterocycles. The fraction of sp³-hybridized carbons (Fsp3) is 0.0667. The number of para-hydroxylation sites is 1. The van der Waals surface area contributed by atoms with Crippen molar-refractivity contribution in [2.24, 2.45) is 0 Å². The minimum absolute atomic E-state index is 0.425. The standard InChI is InChI=1S/C15H13N7O/c16-12-4-2-1-3-10(12)9-22-14-11(8-18-22)7-17-15(20-14)19-13-5-6-23-21-13/h1-8H,9,16H2,(H,17,19,20,21). The van der Waals surface area contributed by atoms with Crippen LogP contribution in [0.5, 0.6) is 0 Å². The predicted octanol–water partition coefficient (Wildman–Crippen LogP) is 2.19. The molecule has 0 aliphatic heterocycles. The number of aromatic nitrogens is 5. The van der Waals surface area contributed by atoms with Crippen LogP contribution in [-0.4, -0.2) is 24.9 Å². The molecular formula is C15H13N7O. The zero-order chi connectivity index (χ0) is 15.6. The summed E-state index contributed by atoms with van der Waals surface area (Å²) in [5, 5.41) is 12.0. The van der Waals surface area contributed by atoms with E-state index in [2.05, 4.69) is 25.5 Å².